The minimum absolute atomic E-state index is 0.212. The van der Waals surface area contributed by atoms with Gasteiger partial charge in [-0.05, 0) is 24.4 Å². The molecule has 2 heterocycles. The number of rotatable bonds is 5. The second-order valence-electron chi connectivity index (χ2n) is 8.72. The lowest BCUT2D eigenvalue weighted by atomic mass is 9.96. The summed E-state index contributed by atoms with van der Waals surface area (Å²) in [6.07, 6.45) is 0. The number of aryl methyl sites for hydroxylation is 1. The Balaban J connectivity index is 1.30. The molecular weight excluding hydrogens is 394 g/mol. The Kier molecular flexibility index (Phi) is 5.78. The molecule has 0 bridgehead atoms. The van der Waals surface area contributed by atoms with Crippen LogP contribution in [0.1, 0.15) is 22.9 Å². The number of carbonyl (C=O) groups is 1. The fourth-order valence-corrected chi connectivity index (χ4v) is 5.08. The van der Waals surface area contributed by atoms with Crippen LogP contribution in [0.5, 0.6) is 0 Å². The van der Waals surface area contributed by atoms with Crippen molar-refractivity contribution >= 4 is 16.8 Å². The van der Waals surface area contributed by atoms with Crippen LogP contribution in [-0.2, 0) is 11.3 Å². The first kappa shape index (κ1) is 20.5. The van der Waals surface area contributed by atoms with E-state index in [0.29, 0.717) is 12.6 Å². The van der Waals surface area contributed by atoms with E-state index in [0.717, 1.165) is 37.4 Å². The number of quaternary nitrogens is 1. The number of amides is 1. The Bertz CT molecular complexity index is 1150. The summed E-state index contributed by atoms with van der Waals surface area (Å²) in [6, 6.07) is 32.3. The minimum atomic E-state index is 0.212. The minimum Gasteiger partial charge on any atom is -0.335 e. The summed E-state index contributed by atoms with van der Waals surface area (Å²) in [5.74, 6) is 0.212. The van der Waals surface area contributed by atoms with Crippen LogP contribution in [0.2, 0.25) is 0 Å². The van der Waals surface area contributed by atoms with Gasteiger partial charge in [-0.15, -0.1) is 0 Å². The summed E-state index contributed by atoms with van der Waals surface area (Å²) in [7, 11) is 0. The van der Waals surface area contributed by atoms with Crippen LogP contribution >= 0.6 is 0 Å². The molecule has 162 valence electrons. The second-order valence-corrected chi connectivity index (χ2v) is 8.72. The summed E-state index contributed by atoms with van der Waals surface area (Å²) >= 11 is 0. The number of aromatic nitrogens is 1. The molecule has 1 amide bonds. The number of piperazine rings is 1. The molecule has 4 heteroatoms. The Hall–Kier alpha value is -3.37. The lowest BCUT2D eigenvalue weighted by molar-refractivity contribution is -0.929. The van der Waals surface area contributed by atoms with Crippen molar-refractivity contribution in [3.8, 4) is 0 Å². The number of nitrogens with one attached hydrogen (secondary N) is 1. The van der Waals surface area contributed by atoms with Gasteiger partial charge in [-0.25, -0.2) is 0 Å². The normalized spacial score (nSPS) is 14.9. The average Bonchev–Trinajstić information content (AvgIpc) is 3.16. The van der Waals surface area contributed by atoms with Crippen LogP contribution in [0.3, 0.4) is 0 Å². The molecule has 0 aliphatic carbocycles. The molecule has 0 saturated carbocycles. The third kappa shape index (κ3) is 4.06. The third-order valence-electron chi connectivity index (χ3n) is 6.74. The van der Waals surface area contributed by atoms with Crippen molar-refractivity contribution in [2.45, 2.75) is 19.5 Å². The molecule has 4 aromatic rings. The standard InChI is InChI=1S/C28H29N3O/c1-22-20-25-14-8-9-15-26(25)31(22)21-27(32)29-16-18-30(19-17-29)28(23-10-4-2-5-11-23)24-12-6-3-7-13-24/h2-15,20,28H,16-19,21H2,1H3/p+1. The van der Waals surface area contributed by atoms with Crippen LogP contribution < -0.4 is 4.90 Å². The molecule has 1 N–H and O–H groups in total. The van der Waals surface area contributed by atoms with Crippen molar-refractivity contribution in [3.63, 3.8) is 0 Å². The SMILES string of the molecule is Cc1cc2ccccc2n1CC(=O)N1CC[NH+](C(c2ccccc2)c2ccccc2)CC1. The van der Waals surface area contributed by atoms with Gasteiger partial charge in [0.2, 0.25) is 5.91 Å². The maximum Gasteiger partial charge on any atom is 0.242 e. The molecule has 4 nitrogen and oxygen atoms in total. The molecule has 0 atom stereocenters. The molecule has 0 unspecified atom stereocenters. The molecule has 1 aliphatic rings. The molecular formula is C28H30N3O+. The quantitative estimate of drug-likeness (QED) is 0.522. The van der Waals surface area contributed by atoms with E-state index in [1.54, 1.807) is 0 Å². The zero-order valence-electron chi connectivity index (χ0n) is 18.6. The average molecular weight is 425 g/mol. The van der Waals surface area contributed by atoms with E-state index in [-0.39, 0.29) is 5.91 Å². The first-order valence-corrected chi connectivity index (χ1v) is 11.5. The molecule has 1 saturated heterocycles. The van der Waals surface area contributed by atoms with E-state index in [9.17, 15) is 4.79 Å². The van der Waals surface area contributed by atoms with Gasteiger partial charge in [-0.3, -0.25) is 4.79 Å². The highest BCUT2D eigenvalue weighted by molar-refractivity contribution is 5.84. The summed E-state index contributed by atoms with van der Waals surface area (Å²) in [4.78, 5) is 16.7. The Morgan fingerprint density at radius 2 is 1.41 bits per heavy atom. The molecule has 5 rings (SSSR count). The lowest BCUT2D eigenvalue weighted by Gasteiger charge is -2.37. The number of fused-ring (bicyclic) bond motifs is 1. The highest BCUT2D eigenvalue weighted by atomic mass is 16.2. The van der Waals surface area contributed by atoms with Gasteiger partial charge in [0.1, 0.15) is 12.6 Å². The van der Waals surface area contributed by atoms with E-state index in [4.69, 9.17) is 0 Å². The van der Waals surface area contributed by atoms with Crippen LogP contribution in [0.25, 0.3) is 10.9 Å². The van der Waals surface area contributed by atoms with Crippen molar-refractivity contribution in [2.24, 2.45) is 0 Å². The Morgan fingerprint density at radius 3 is 2.03 bits per heavy atom. The largest absolute Gasteiger partial charge is 0.335 e. The van der Waals surface area contributed by atoms with Gasteiger partial charge < -0.3 is 14.4 Å². The number of nitrogens with zero attached hydrogens (tertiary/aromatic N) is 2. The molecule has 0 spiro atoms. The van der Waals surface area contributed by atoms with Crippen molar-refractivity contribution in [3.05, 3.63) is 108 Å². The maximum atomic E-state index is 13.2. The van der Waals surface area contributed by atoms with Gasteiger partial charge in [-0.1, -0.05) is 78.9 Å². The third-order valence-corrected chi connectivity index (χ3v) is 6.74. The predicted molar refractivity (Wildman–Crippen MR) is 129 cm³/mol. The fraction of sp³-hybridized carbons (Fsp3) is 0.250. The molecule has 0 radical (unpaired) electrons. The van der Waals surface area contributed by atoms with E-state index in [1.165, 1.54) is 21.4 Å². The zero-order valence-corrected chi connectivity index (χ0v) is 18.6. The van der Waals surface area contributed by atoms with Crippen molar-refractivity contribution in [1.82, 2.24) is 9.47 Å². The molecule has 1 aliphatic heterocycles. The molecule has 32 heavy (non-hydrogen) atoms. The molecule has 3 aromatic carbocycles. The van der Waals surface area contributed by atoms with Gasteiger partial charge in [-0.2, -0.15) is 0 Å². The Morgan fingerprint density at radius 1 is 0.844 bits per heavy atom. The fourth-order valence-electron chi connectivity index (χ4n) is 5.08. The number of benzene rings is 3. The topological polar surface area (TPSA) is 29.7 Å². The van der Waals surface area contributed by atoms with Gasteiger partial charge in [0.15, 0.2) is 0 Å². The van der Waals surface area contributed by atoms with Gasteiger partial charge in [0, 0.05) is 22.3 Å². The van der Waals surface area contributed by atoms with Gasteiger partial charge in [0.05, 0.1) is 26.2 Å². The van der Waals surface area contributed by atoms with E-state index >= 15 is 0 Å². The van der Waals surface area contributed by atoms with E-state index in [1.807, 2.05) is 17.0 Å². The summed E-state index contributed by atoms with van der Waals surface area (Å²) in [5.41, 5.74) is 4.94. The van der Waals surface area contributed by atoms with E-state index in [2.05, 4.69) is 90.4 Å². The summed E-state index contributed by atoms with van der Waals surface area (Å²) in [5, 5.41) is 1.20. The van der Waals surface area contributed by atoms with Crippen LogP contribution in [0.4, 0.5) is 0 Å². The van der Waals surface area contributed by atoms with Gasteiger partial charge in [0.25, 0.3) is 0 Å². The smallest absolute Gasteiger partial charge is 0.242 e. The van der Waals surface area contributed by atoms with Crippen LogP contribution in [0, 0.1) is 6.92 Å². The maximum absolute atomic E-state index is 13.2. The van der Waals surface area contributed by atoms with Crippen LogP contribution in [-0.4, -0.2) is 41.6 Å². The number of carbonyl (C=O) groups excluding carboxylic acids is 1. The number of hydrogen-bond donors (Lipinski definition) is 1. The zero-order chi connectivity index (χ0) is 21.9. The Labute approximate surface area is 189 Å². The number of hydrogen-bond acceptors (Lipinski definition) is 1. The van der Waals surface area contributed by atoms with Crippen LogP contribution in [0.15, 0.2) is 91.0 Å². The summed E-state index contributed by atoms with van der Waals surface area (Å²) < 4.78 is 2.15. The van der Waals surface area contributed by atoms with E-state index < -0.39 is 0 Å². The lowest BCUT2D eigenvalue weighted by Crippen LogP contribution is -3.15. The monoisotopic (exact) mass is 424 g/mol. The predicted octanol–water partition coefficient (Wildman–Crippen LogP) is 3.47. The second kappa shape index (κ2) is 9.01. The number of para-hydroxylation sites is 1. The van der Waals surface area contributed by atoms with Crippen molar-refractivity contribution < 1.29 is 9.69 Å². The first-order chi connectivity index (χ1) is 15.7. The molecule has 1 aromatic heterocycles. The first-order valence-electron chi connectivity index (χ1n) is 11.5. The highest BCUT2D eigenvalue weighted by Gasteiger charge is 2.31. The van der Waals surface area contributed by atoms with Gasteiger partial charge >= 0.3 is 0 Å². The highest BCUT2D eigenvalue weighted by Crippen LogP contribution is 2.21. The van der Waals surface area contributed by atoms with Crippen molar-refractivity contribution in [1.29, 1.82) is 0 Å². The van der Waals surface area contributed by atoms with Crippen molar-refractivity contribution in [2.75, 3.05) is 26.2 Å². The molecule has 1 fully saturated rings. The summed E-state index contributed by atoms with van der Waals surface area (Å²) in [6.45, 7) is 5.98.